The number of para-hydroxylation sites is 2. The highest BCUT2D eigenvalue weighted by atomic mass is 15.2. The minimum atomic E-state index is 0.497. The molecule has 1 saturated heterocycles. The van der Waals surface area contributed by atoms with E-state index in [0.29, 0.717) is 6.04 Å². The van der Waals surface area contributed by atoms with Gasteiger partial charge >= 0.3 is 0 Å². The van der Waals surface area contributed by atoms with Crippen LogP contribution in [0.3, 0.4) is 0 Å². The third-order valence-electron chi connectivity index (χ3n) is 5.17. The normalized spacial score (nSPS) is 28.6. The quantitative estimate of drug-likeness (QED) is 0.897. The number of piperidine rings is 1. The maximum absolute atomic E-state index is 4.86. The zero-order valence-electron chi connectivity index (χ0n) is 12.2. The van der Waals surface area contributed by atoms with E-state index in [1.807, 2.05) is 0 Å². The van der Waals surface area contributed by atoms with E-state index in [2.05, 4.69) is 41.1 Å². The number of hydrogen-bond acceptors (Lipinski definition) is 2. The summed E-state index contributed by atoms with van der Waals surface area (Å²) < 4.78 is 0. The van der Waals surface area contributed by atoms with E-state index in [9.17, 15) is 0 Å². The van der Waals surface area contributed by atoms with Crippen molar-refractivity contribution >= 4 is 11.0 Å². The highest BCUT2D eigenvalue weighted by Gasteiger charge is 2.36. The number of nitrogens with zero attached hydrogens (tertiary/aromatic N) is 2. The van der Waals surface area contributed by atoms with E-state index in [4.69, 9.17) is 4.98 Å². The van der Waals surface area contributed by atoms with Gasteiger partial charge in [-0.05, 0) is 50.3 Å². The fraction of sp³-hybridized carbons (Fsp3) is 0.588. The van der Waals surface area contributed by atoms with Crippen LogP contribution in [0.15, 0.2) is 24.3 Å². The molecule has 20 heavy (non-hydrogen) atoms. The van der Waals surface area contributed by atoms with Gasteiger partial charge in [0.15, 0.2) is 0 Å². The number of rotatable bonds is 2. The average molecular weight is 269 g/mol. The minimum absolute atomic E-state index is 0.497. The van der Waals surface area contributed by atoms with Crippen LogP contribution < -0.4 is 0 Å². The first-order chi connectivity index (χ1) is 9.81. The van der Waals surface area contributed by atoms with Crippen molar-refractivity contribution in [2.45, 2.75) is 51.1 Å². The number of fused-ring (bicyclic) bond motifs is 1. The molecule has 1 aliphatic heterocycles. The monoisotopic (exact) mass is 269 g/mol. The molecule has 3 heteroatoms. The van der Waals surface area contributed by atoms with Crippen molar-refractivity contribution in [2.75, 3.05) is 6.54 Å². The summed E-state index contributed by atoms with van der Waals surface area (Å²) in [7, 11) is 0. The second-order valence-corrected chi connectivity index (χ2v) is 6.61. The Morgan fingerprint density at radius 3 is 2.80 bits per heavy atom. The Kier molecular flexibility index (Phi) is 3.03. The predicted molar refractivity (Wildman–Crippen MR) is 81.6 cm³/mol. The van der Waals surface area contributed by atoms with E-state index in [0.717, 1.165) is 17.5 Å². The largest absolute Gasteiger partial charge is 0.341 e. The number of benzene rings is 1. The van der Waals surface area contributed by atoms with Gasteiger partial charge in [0.05, 0.1) is 17.1 Å². The molecule has 1 aromatic heterocycles. The highest BCUT2D eigenvalue weighted by molar-refractivity contribution is 5.74. The first kappa shape index (κ1) is 12.4. The van der Waals surface area contributed by atoms with E-state index in [1.165, 1.54) is 50.0 Å². The lowest BCUT2D eigenvalue weighted by Crippen LogP contribution is -2.46. The van der Waals surface area contributed by atoms with Crippen LogP contribution in [-0.4, -0.2) is 27.5 Å². The van der Waals surface area contributed by atoms with Crippen LogP contribution in [0.1, 0.15) is 50.9 Å². The van der Waals surface area contributed by atoms with Crippen molar-refractivity contribution in [2.24, 2.45) is 5.92 Å². The molecule has 4 rings (SSSR count). The number of likely N-dealkylation sites (tertiary alicyclic amines) is 1. The van der Waals surface area contributed by atoms with Gasteiger partial charge in [-0.15, -0.1) is 0 Å². The van der Waals surface area contributed by atoms with Crippen molar-refractivity contribution < 1.29 is 0 Å². The van der Waals surface area contributed by atoms with Gasteiger partial charge in [-0.25, -0.2) is 4.98 Å². The second-order valence-electron chi connectivity index (χ2n) is 6.61. The van der Waals surface area contributed by atoms with E-state index < -0.39 is 0 Å². The highest BCUT2D eigenvalue weighted by Crippen LogP contribution is 2.39. The molecular formula is C17H23N3. The first-order valence-electron chi connectivity index (χ1n) is 8.01. The van der Waals surface area contributed by atoms with Gasteiger partial charge in [-0.2, -0.15) is 0 Å². The first-order valence-corrected chi connectivity index (χ1v) is 8.01. The fourth-order valence-electron chi connectivity index (χ4n) is 3.71. The smallest absolute Gasteiger partial charge is 0.124 e. The minimum Gasteiger partial charge on any atom is -0.341 e. The summed E-state index contributed by atoms with van der Waals surface area (Å²) in [5.41, 5.74) is 2.28. The van der Waals surface area contributed by atoms with Crippen molar-refractivity contribution in [1.82, 2.24) is 14.9 Å². The molecule has 1 saturated carbocycles. The molecule has 1 unspecified atom stereocenters. The Morgan fingerprint density at radius 2 is 2.05 bits per heavy atom. The van der Waals surface area contributed by atoms with Crippen molar-refractivity contribution in [3.05, 3.63) is 30.1 Å². The Labute approximate surface area is 120 Å². The number of imidazole rings is 1. The number of H-pyrrole nitrogens is 1. The van der Waals surface area contributed by atoms with Crippen LogP contribution in [0.25, 0.3) is 11.0 Å². The zero-order chi connectivity index (χ0) is 13.5. The summed E-state index contributed by atoms with van der Waals surface area (Å²) in [4.78, 5) is 11.2. The Balaban J connectivity index is 1.68. The van der Waals surface area contributed by atoms with E-state index >= 15 is 0 Å². The third-order valence-corrected chi connectivity index (χ3v) is 5.17. The lowest BCUT2D eigenvalue weighted by Gasteiger charge is -2.46. The molecule has 2 aromatic rings. The lowest BCUT2D eigenvalue weighted by atomic mass is 9.84. The molecular weight excluding hydrogens is 246 g/mol. The topological polar surface area (TPSA) is 31.9 Å². The summed E-state index contributed by atoms with van der Waals surface area (Å²) in [6.07, 6.45) is 6.75. The van der Waals surface area contributed by atoms with Crippen LogP contribution >= 0.6 is 0 Å². The molecule has 1 aromatic carbocycles. The molecule has 0 radical (unpaired) electrons. The van der Waals surface area contributed by atoms with E-state index in [-0.39, 0.29) is 0 Å². The molecule has 2 aliphatic rings. The van der Waals surface area contributed by atoms with Crippen LogP contribution in [0.5, 0.6) is 0 Å². The van der Waals surface area contributed by atoms with Gasteiger partial charge in [-0.1, -0.05) is 25.5 Å². The van der Waals surface area contributed by atoms with Crippen molar-refractivity contribution in [3.8, 4) is 0 Å². The van der Waals surface area contributed by atoms with Gasteiger partial charge in [-0.3, -0.25) is 4.90 Å². The van der Waals surface area contributed by atoms with Crippen molar-refractivity contribution in [3.63, 3.8) is 0 Å². The maximum Gasteiger partial charge on any atom is 0.124 e. The molecule has 2 fully saturated rings. The molecule has 106 valence electrons. The SMILES string of the molecule is CC1CCN(C2CCC2)[C@@H](c2nc3ccccc3[nH]2)C1. The summed E-state index contributed by atoms with van der Waals surface area (Å²) in [5.74, 6) is 1.99. The summed E-state index contributed by atoms with van der Waals surface area (Å²) in [6.45, 7) is 3.63. The molecule has 0 bridgehead atoms. The average Bonchev–Trinajstić information content (AvgIpc) is 2.82. The zero-order valence-corrected chi connectivity index (χ0v) is 12.2. The van der Waals surface area contributed by atoms with Crippen LogP contribution in [-0.2, 0) is 0 Å². The summed E-state index contributed by atoms with van der Waals surface area (Å²) >= 11 is 0. The molecule has 0 amide bonds. The molecule has 1 aliphatic carbocycles. The van der Waals surface area contributed by atoms with Gasteiger partial charge in [0.1, 0.15) is 5.82 Å². The fourth-order valence-corrected chi connectivity index (χ4v) is 3.71. The number of hydrogen-bond donors (Lipinski definition) is 1. The van der Waals surface area contributed by atoms with Gasteiger partial charge in [0, 0.05) is 6.04 Å². The Hall–Kier alpha value is -1.35. The van der Waals surface area contributed by atoms with Gasteiger partial charge in [0.25, 0.3) is 0 Å². The predicted octanol–water partition coefficient (Wildman–Crippen LogP) is 3.89. The van der Waals surface area contributed by atoms with Crippen molar-refractivity contribution in [1.29, 1.82) is 0 Å². The van der Waals surface area contributed by atoms with Crippen LogP contribution in [0.2, 0.25) is 0 Å². The summed E-state index contributed by atoms with van der Waals surface area (Å²) in [6, 6.07) is 9.69. The number of aromatic nitrogens is 2. The summed E-state index contributed by atoms with van der Waals surface area (Å²) in [5, 5.41) is 0. The van der Waals surface area contributed by atoms with Crippen LogP contribution in [0, 0.1) is 5.92 Å². The Morgan fingerprint density at radius 1 is 1.20 bits per heavy atom. The number of nitrogens with one attached hydrogen (secondary N) is 1. The molecule has 0 spiro atoms. The van der Waals surface area contributed by atoms with E-state index in [1.54, 1.807) is 0 Å². The molecule has 3 nitrogen and oxygen atoms in total. The third kappa shape index (κ3) is 2.05. The molecule has 1 N–H and O–H groups in total. The van der Waals surface area contributed by atoms with Gasteiger partial charge < -0.3 is 4.98 Å². The number of aromatic amines is 1. The Bertz CT molecular complexity index is 566. The maximum atomic E-state index is 4.86. The molecule has 2 heterocycles. The lowest BCUT2D eigenvalue weighted by molar-refractivity contribution is 0.0306. The van der Waals surface area contributed by atoms with Crippen LogP contribution in [0.4, 0.5) is 0 Å². The second kappa shape index (κ2) is 4.88. The molecule has 2 atom stereocenters. The van der Waals surface area contributed by atoms with Gasteiger partial charge in [0.2, 0.25) is 0 Å². The standard InChI is InChI=1S/C17H23N3/c1-12-9-10-20(13-5-4-6-13)16(11-12)17-18-14-7-2-3-8-15(14)19-17/h2-3,7-8,12-13,16H,4-6,9-11H2,1H3,(H,18,19)/t12?,16-/m1/s1.